The number of carbonyl (C=O) groups is 1. The third-order valence-electron chi connectivity index (χ3n) is 9.42. The summed E-state index contributed by atoms with van der Waals surface area (Å²) in [6.45, 7) is 2.25. The minimum Gasteiger partial charge on any atom is -0.339 e. The molecule has 3 fully saturated rings. The number of benzene rings is 2. The van der Waals surface area contributed by atoms with Gasteiger partial charge in [-0.1, -0.05) is 30.3 Å². The van der Waals surface area contributed by atoms with E-state index in [2.05, 4.69) is 46.8 Å². The van der Waals surface area contributed by atoms with E-state index in [0.29, 0.717) is 17.5 Å². The van der Waals surface area contributed by atoms with Gasteiger partial charge in [0.1, 0.15) is 11.9 Å². The van der Waals surface area contributed by atoms with E-state index < -0.39 is 6.04 Å². The number of hydrogen-bond acceptors (Lipinski definition) is 4. The largest absolute Gasteiger partial charge is 0.339 e. The second-order valence-corrected chi connectivity index (χ2v) is 11.6. The predicted molar refractivity (Wildman–Crippen MR) is 138 cm³/mol. The maximum atomic E-state index is 15.2. The highest BCUT2D eigenvalue weighted by Crippen LogP contribution is 2.47. The van der Waals surface area contributed by atoms with Gasteiger partial charge in [0.05, 0.1) is 12.1 Å². The molecule has 6 heteroatoms. The van der Waals surface area contributed by atoms with Crippen LogP contribution in [0.2, 0.25) is 0 Å². The first-order chi connectivity index (χ1) is 17.4. The number of likely N-dealkylation sites (tertiary alicyclic amines) is 1. The number of amides is 1. The van der Waals surface area contributed by atoms with Gasteiger partial charge in [-0.3, -0.25) is 4.79 Å². The third-order valence-corrected chi connectivity index (χ3v) is 9.42. The number of hydrogen-bond donors (Lipinski definition) is 2. The lowest BCUT2D eigenvalue weighted by Gasteiger charge is -2.39. The zero-order valence-electron chi connectivity index (χ0n) is 21.0. The highest BCUT2D eigenvalue weighted by atomic mass is 19.1. The molecule has 1 spiro atoms. The number of nitrogens with one attached hydrogen (secondary N) is 2. The van der Waals surface area contributed by atoms with E-state index in [1.54, 1.807) is 12.1 Å². The number of carbonyl (C=O) groups excluding carboxylic acids is 1. The molecule has 1 amide bonds. The minimum atomic E-state index is -0.747. The van der Waals surface area contributed by atoms with E-state index in [4.69, 9.17) is 0 Å². The monoisotopic (exact) mass is 486 g/mol. The summed E-state index contributed by atoms with van der Waals surface area (Å²) in [4.78, 5) is 15.1. The zero-order chi connectivity index (χ0) is 24.9. The van der Waals surface area contributed by atoms with E-state index in [-0.39, 0.29) is 29.6 Å². The van der Waals surface area contributed by atoms with Gasteiger partial charge in [0.2, 0.25) is 5.91 Å². The van der Waals surface area contributed by atoms with Gasteiger partial charge in [0.25, 0.3) is 0 Å². The molecule has 2 heterocycles. The molecule has 2 aliphatic heterocycles. The molecule has 0 aromatic heterocycles. The Bertz CT molecular complexity index is 1210. The normalized spacial score (nSPS) is 27.1. The molecule has 2 N–H and O–H groups in total. The number of halogens is 1. The molecule has 2 bridgehead atoms. The Balaban J connectivity index is 1.17. The first-order valence-electron chi connectivity index (χ1n) is 13.5. The van der Waals surface area contributed by atoms with Crippen molar-refractivity contribution in [3.8, 4) is 17.2 Å². The van der Waals surface area contributed by atoms with Crippen molar-refractivity contribution >= 4 is 5.91 Å². The SMILES string of the molecule is CN1CCC2(CCc3ccc(-c4ccc(C[C@@H](C#N)NC(=O)[C@H]5N[C@@H]6CC[C@H]5C6)c(F)c4)cc32)CC1. The van der Waals surface area contributed by atoms with Crippen LogP contribution in [0.4, 0.5) is 4.39 Å². The van der Waals surface area contributed by atoms with Crippen molar-refractivity contribution < 1.29 is 9.18 Å². The minimum absolute atomic E-state index is 0.133. The van der Waals surface area contributed by atoms with E-state index in [1.165, 1.54) is 30.4 Å². The van der Waals surface area contributed by atoms with Crippen molar-refractivity contribution in [3.63, 3.8) is 0 Å². The van der Waals surface area contributed by atoms with Crippen molar-refractivity contribution in [2.24, 2.45) is 5.92 Å². The molecule has 188 valence electrons. The molecule has 4 aliphatic rings. The number of nitrogens with zero attached hydrogens (tertiary/aromatic N) is 2. The Morgan fingerprint density at radius 2 is 1.97 bits per heavy atom. The Labute approximate surface area is 213 Å². The Morgan fingerprint density at radius 3 is 2.67 bits per heavy atom. The Hall–Kier alpha value is -2.75. The summed E-state index contributed by atoms with van der Waals surface area (Å²) in [5.41, 5.74) is 5.53. The van der Waals surface area contributed by atoms with Crippen LogP contribution in [0.15, 0.2) is 36.4 Å². The van der Waals surface area contributed by atoms with Crippen LogP contribution in [0.3, 0.4) is 0 Å². The van der Waals surface area contributed by atoms with Crippen LogP contribution in [0, 0.1) is 23.1 Å². The summed E-state index contributed by atoms with van der Waals surface area (Å²) in [7, 11) is 2.20. The molecular weight excluding hydrogens is 451 g/mol. The van der Waals surface area contributed by atoms with Crippen LogP contribution in [0.5, 0.6) is 0 Å². The summed E-state index contributed by atoms with van der Waals surface area (Å²) < 4.78 is 15.2. The lowest BCUT2D eigenvalue weighted by molar-refractivity contribution is -0.124. The molecule has 0 radical (unpaired) electrons. The second kappa shape index (κ2) is 9.28. The van der Waals surface area contributed by atoms with Crippen molar-refractivity contribution in [2.45, 2.75) is 74.9 Å². The number of fused-ring (bicyclic) bond motifs is 4. The molecule has 4 atom stereocenters. The molecule has 1 saturated carbocycles. The molecule has 0 unspecified atom stereocenters. The van der Waals surface area contributed by atoms with Crippen molar-refractivity contribution in [1.82, 2.24) is 15.5 Å². The molecule has 2 aromatic rings. The quantitative estimate of drug-likeness (QED) is 0.668. The fourth-order valence-corrected chi connectivity index (χ4v) is 7.20. The van der Waals surface area contributed by atoms with Gasteiger partial charge < -0.3 is 15.5 Å². The van der Waals surface area contributed by atoms with Gasteiger partial charge in [0, 0.05) is 12.5 Å². The summed E-state index contributed by atoms with van der Waals surface area (Å²) in [5.74, 6) is -0.104. The van der Waals surface area contributed by atoms with Crippen molar-refractivity contribution in [3.05, 3.63) is 58.9 Å². The van der Waals surface area contributed by atoms with Gasteiger partial charge in [-0.05, 0) is 110 Å². The van der Waals surface area contributed by atoms with E-state index in [0.717, 1.165) is 49.9 Å². The molecule has 2 aromatic carbocycles. The van der Waals surface area contributed by atoms with Gasteiger partial charge in [-0.15, -0.1) is 0 Å². The van der Waals surface area contributed by atoms with Crippen LogP contribution in [-0.4, -0.2) is 49.1 Å². The topological polar surface area (TPSA) is 68.2 Å². The standard InChI is InChI=1S/C30H35FN4O/c1-35-12-10-30(11-13-35)9-8-19-2-3-20(16-26(19)30)21-4-5-22(27(31)17-21)14-25(18-32)34-29(36)28-23-6-7-24(15-23)33-28/h2-5,16-17,23-25,28,33H,6-15H2,1H3,(H,34,36)/t23-,24+,25-,28-/m0/s1. The van der Waals surface area contributed by atoms with E-state index in [1.807, 2.05) is 6.07 Å². The van der Waals surface area contributed by atoms with Gasteiger partial charge >= 0.3 is 0 Å². The lowest BCUT2D eigenvalue weighted by Crippen LogP contribution is -2.50. The molecule has 2 aliphatic carbocycles. The van der Waals surface area contributed by atoms with Crippen LogP contribution in [0.25, 0.3) is 11.1 Å². The second-order valence-electron chi connectivity index (χ2n) is 11.6. The smallest absolute Gasteiger partial charge is 0.238 e. The van der Waals surface area contributed by atoms with Crippen molar-refractivity contribution in [1.29, 1.82) is 5.26 Å². The summed E-state index contributed by atoms with van der Waals surface area (Å²) in [5, 5.41) is 15.9. The first kappa shape index (κ1) is 23.6. The van der Waals surface area contributed by atoms with Crippen molar-refractivity contribution in [2.75, 3.05) is 20.1 Å². The van der Waals surface area contributed by atoms with E-state index >= 15 is 4.39 Å². The van der Waals surface area contributed by atoms with Crippen LogP contribution in [0.1, 0.15) is 55.2 Å². The zero-order valence-corrected chi connectivity index (χ0v) is 21.0. The Morgan fingerprint density at radius 1 is 1.19 bits per heavy atom. The highest BCUT2D eigenvalue weighted by molar-refractivity contribution is 5.83. The molecule has 2 saturated heterocycles. The summed E-state index contributed by atoms with van der Waals surface area (Å²) in [6, 6.07) is 13.6. The third kappa shape index (κ3) is 4.23. The fourth-order valence-electron chi connectivity index (χ4n) is 7.20. The van der Waals surface area contributed by atoms with Crippen LogP contribution in [-0.2, 0) is 23.1 Å². The number of aryl methyl sites for hydroxylation is 1. The lowest BCUT2D eigenvalue weighted by atomic mass is 9.73. The van der Waals surface area contributed by atoms with Gasteiger partial charge in [-0.25, -0.2) is 4.39 Å². The maximum absolute atomic E-state index is 15.2. The highest BCUT2D eigenvalue weighted by Gasteiger charge is 2.43. The Kier molecular flexibility index (Phi) is 6.09. The summed E-state index contributed by atoms with van der Waals surface area (Å²) >= 11 is 0. The first-order valence-corrected chi connectivity index (χ1v) is 13.5. The average molecular weight is 487 g/mol. The number of piperidine rings is 2. The predicted octanol–water partition coefficient (Wildman–Crippen LogP) is 4.09. The van der Waals surface area contributed by atoms with Gasteiger partial charge in [-0.2, -0.15) is 5.26 Å². The maximum Gasteiger partial charge on any atom is 0.238 e. The average Bonchev–Trinajstić information content (AvgIpc) is 3.62. The van der Waals surface area contributed by atoms with Crippen LogP contribution >= 0.6 is 0 Å². The molecule has 36 heavy (non-hydrogen) atoms. The molecule has 6 rings (SSSR count). The molecule has 5 nitrogen and oxygen atoms in total. The number of rotatable bonds is 5. The van der Waals surface area contributed by atoms with E-state index in [9.17, 15) is 10.1 Å². The number of nitriles is 1. The fraction of sp³-hybridized carbons (Fsp3) is 0.533. The van der Waals surface area contributed by atoms with Gasteiger partial charge in [0.15, 0.2) is 0 Å². The summed E-state index contributed by atoms with van der Waals surface area (Å²) in [6.07, 6.45) is 8.10. The van der Waals surface area contributed by atoms with Crippen LogP contribution < -0.4 is 10.6 Å². The molecular formula is C30H35FN4O.